The van der Waals surface area contributed by atoms with Crippen LogP contribution in [0.2, 0.25) is 5.02 Å². The van der Waals surface area contributed by atoms with Crippen molar-refractivity contribution < 1.29 is 14.3 Å². The van der Waals surface area contributed by atoms with Gasteiger partial charge in [-0.2, -0.15) is 0 Å². The molecule has 120 valence electrons. The molecule has 1 amide bonds. The molecule has 2 aromatic rings. The van der Waals surface area contributed by atoms with E-state index in [0.29, 0.717) is 47.4 Å². The monoisotopic (exact) mass is 332 g/mol. The first-order chi connectivity index (χ1) is 11.1. The SMILES string of the molecule is CCC(=O)N1CCc2nc3c(Cl)cccc3c(C(=O)OC)c2C1. The summed E-state index contributed by atoms with van der Waals surface area (Å²) in [6, 6.07) is 5.34. The zero-order valence-corrected chi connectivity index (χ0v) is 13.8. The van der Waals surface area contributed by atoms with Crippen LogP contribution in [-0.4, -0.2) is 35.4 Å². The third-order valence-corrected chi connectivity index (χ3v) is 4.47. The minimum atomic E-state index is -0.429. The van der Waals surface area contributed by atoms with Gasteiger partial charge in [-0.25, -0.2) is 4.79 Å². The largest absolute Gasteiger partial charge is 0.465 e. The second-order valence-corrected chi connectivity index (χ2v) is 5.87. The Morgan fingerprint density at radius 2 is 2.17 bits per heavy atom. The Labute approximate surface area is 139 Å². The minimum Gasteiger partial charge on any atom is -0.465 e. The van der Waals surface area contributed by atoms with E-state index >= 15 is 0 Å². The van der Waals surface area contributed by atoms with Crippen LogP contribution in [0.3, 0.4) is 0 Å². The number of halogens is 1. The Bertz CT molecular complexity index is 804. The zero-order chi connectivity index (χ0) is 16.6. The fourth-order valence-electron chi connectivity index (χ4n) is 3.00. The van der Waals surface area contributed by atoms with Gasteiger partial charge in [-0.3, -0.25) is 9.78 Å². The number of amides is 1. The first kappa shape index (κ1) is 15.7. The van der Waals surface area contributed by atoms with E-state index in [-0.39, 0.29) is 5.91 Å². The lowest BCUT2D eigenvalue weighted by Gasteiger charge is -2.29. The van der Waals surface area contributed by atoms with E-state index in [1.54, 1.807) is 23.1 Å². The maximum absolute atomic E-state index is 12.4. The normalized spacial score (nSPS) is 13.8. The Hall–Kier alpha value is -2.14. The summed E-state index contributed by atoms with van der Waals surface area (Å²) in [5.74, 6) is -0.362. The van der Waals surface area contributed by atoms with Gasteiger partial charge in [0.1, 0.15) is 0 Å². The Kier molecular flexibility index (Phi) is 4.22. The number of benzene rings is 1. The van der Waals surface area contributed by atoms with Crippen molar-refractivity contribution in [3.05, 3.63) is 40.0 Å². The van der Waals surface area contributed by atoms with Gasteiger partial charge in [0.15, 0.2) is 0 Å². The third-order valence-electron chi connectivity index (χ3n) is 4.17. The number of para-hydroxylation sites is 1. The Morgan fingerprint density at radius 1 is 1.39 bits per heavy atom. The lowest BCUT2D eigenvalue weighted by Crippen LogP contribution is -2.37. The predicted octanol–water partition coefficient (Wildman–Crippen LogP) is 2.97. The molecule has 5 nitrogen and oxygen atoms in total. The van der Waals surface area contributed by atoms with Crippen LogP contribution in [0, 0.1) is 0 Å². The van der Waals surface area contributed by atoms with Crippen molar-refractivity contribution >= 4 is 34.4 Å². The van der Waals surface area contributed by atoms with E-state index in [1.807, 2.05) is 6.92 Å². The van der Waals surface area contributed by atoms with Crippen molar-refractivity contribution in [2.75, 3.05) is 13.7 Å². The van der Waals surface area contributed by atoms with Crippen molar-refractivity contribution in [2.45, 2.75) is 26.3 Å². The summed E-state index contributed by atoms with van der Waals surface area (Å²) in [6.45, 7) is 2.81. The van der Waals surface area contributed by atoms with E-state index in [1.165, 1.54) is 7.11 Å². The molecule has 1 aromatic carbocycles. The molecule has 0 N–H and O–H groups in total. The van der Waals surface area contributed by atoms with Crippen LogP contribution in [0.25, 0.3) is 10.9 Å². The highest BCUT2D eigenvalue weighted by Crippen LogP contribution is 2.32. The number of esters is 1. The summed E-state index contributed by atoms with van der Waals surface area (Å²) in [5, 5.41) is 1.16. The minimum absolute atomic E-state index is 0.0673. The maximum Gasteiger partial charge on any atom is 0.338 e. The van der Waals surface area contributed by atoms with Crippen LogP contribution >= 0.6 is 11.6 Å². The molecule has 1 aromatic heterocycles. The topological polar surface area (TPSA) is 59.5 Å². The summed E-state index contributed by atoms with van der Waals surface area (Å²) in [5.41, 5.74) is 2.64. The fraction of sp³-hybridized carbons (Fsp3) is 0.353. The van der Waals surface area contributed by atoms with Crippen molar-refractivity contribution in [1.29, 1.82) is 0 Å². The molecule has 0 bridgehead atoms. The van der Waals surface area contributed by atoms with Gasteiger partial charge in [0, 0.05) is 42.6 Å². The number of nitrogens with zero attached hydrogens (tertiary/aromatic N) is 2. The number of carbonyl (C=O) groups is 2. The van der Waals surface area contributed by atoms with E-state index in [0.717, 1.165) is 11.3 Å². The van der Waals surface area contributed by atoms with Gasteiger partial charge in [-0.1, -0.05) is 30.7 Å². The number of carbonyl (C=O) groups excluding carboxylic acids is 2. The van der Waals surface area contributed by atoms with Crippen LogP contribution in [-0.2, 0) is 22.5 Å². The Morgan fingerprint density at radius 3 is 2.87 bits per heavy atom. The van der Waals surface area contributed by atoms with Crippen LogP contribution in [0.1, 0.15) is 35.0 Å². The second kappa shape index (κ2) is 6.16. The van der Waals surface area contributed by atoms with E-state index in [4.69, 9.17) is 16.3 Å². The average Bonchev–Trinajstić information content (AvgIpc) is 2.58. The first-order valence-electron chi connectivity index (χ1n) is 7.52. The van der Waals surface area contributed by atoms with Crippen LogP contribution in [0.4, 0.5) is 0 Å². The molecule has 0 fully saturated rings. The summed E-state index contributed by atoms with van der Waals surface area (Å²) < 4.78 is 4.96. The molecule has 3 rings (SSSR count). The maximum atomic E-state index is 12.4. The van der Waals surface area contributed by atoms with Gasteiger partial charge in [-0.05, 0) is 6.07 Å². The van der Waals surface area contributed by atoms with Crippen molar-refractivity contribution in [3.63, 3.8) is 0 Å². The third kappa shape index (κ3) is 2.65. The lowest BCUT2D eigenvalue weighted by atomic mass is 9.95. The van der Waals surface area contributed by atoms with Gasteiger partial charge in [0.05, 0.1) is 23.2 Å². The van der Waals surface area contributed by atoms with Crippen LogP contribution < -0.4 is 0 Å². The van der Waals surface area contributed by atoms with Crippen molar-refractivity contribution in [3.8, 4) is 0 Å². The van der Waals surface area contributed by atoms with Gasteiger partial charge in [0.2, 0.25) is 5.91 Å². The lowest BCUT2D eigenvalue weighted by molar-refractivity contribution is -0.131. The average molecular weight is 333 g/mol. The molecule has 0 saturated heterocycles. The van der Waals surface area contributed by atoms with Gasteiger partial charge >= 0.3 is 5.97 Å². The summed E-state index contributed by atoms with van der Waals surface area (Å²) in [4.78, 5) is 30.8. The van der Waals surface area contributed by atoms with Gasteiger partial charge < -0.3 is 9.64 Å². The fourth-order valence-corrected chi connectivity index (χ4v) is 3.22. The summed E-state index contributed by atoms with van der Waals surface area (Å²) >= 11 is 6.24. The molecule has 1 aliphatic heterocycles. The molecule has 0 atom stereocenters. The number of hydrogen-bond donors (Lipinski definition) is 0. The number of hydrogen-bond acceptors (Lipinski definition) is 4. The second-order valence-electron chi connectivity index (χ2n) is 5.46. The summed E-state index contributed by atoms with van der Waals surface area (Å²) in [6.07, 6.45) is 1.04. The van der Waals surface area contributed by atoms with Crippen molar-refractivity contribution in [1.82, 2.24) is 9.88 Å². The Balaban J connectivity index is 2.24. The highest BCUT2D eigenvalue weighted by atomic mass is 35.5. The van der Waals surface area contributed by atoms with Gasteiger partial charge in [0.25, 0.3) is 0 Å². The molecule has 23 heavy (non-hydrogen) atoms. The molecule has 2 heterocycles. The number of fused-ring (bicyclic) bond motifs is 2. The number of ether oxygens (including phenoxy) is 1. The highest BCUT2D eigenvalue weighted by Gasteiger charge is 2.28. The molecule has 0 unspecified atom stereocenters. The number of aromatic nitrogens is 1. The molecule has 6 heteroatoms. The molecule has 0 saturated carbocycles. The molecular weight excluding hydrogens is 316 g/mol. The molecule has 0 radical (unpaired) electrons. The van der Waals surface area contributed by atoms with E-state index < -0.39 is 5.97 Å². The smallest absolute Gasteiger partial charge is 0.338 e. The van der Waals surface area contributed by atoms with Gasteiger partial charge in [-0.15, -0.1) is 0 Å². The first-order valence-corrected chi connectivity index (χ1v) is 7.90. The number of rotatable bonds is 2. The van der Waals surface area contributed by atoms with Crippen LogP contribution in [0.15, 0.2) is 18.2 Å². The number of methoxy groups -OCH3 is 1. The van der Waals surface area contributed by atoms with Crippen molar-refractivity contribution in [2.24, 2.45) is 0 Å². The summed E-state index contributed by atoms with van der Waals surface area (Å²) in [7, 11) is 1.35. The zero-order valence-electron chi connectivity index (χ0n) is 13.1. The molecular formula is C17H17ClN2O3. The predicted molar refractivity (Wildman–Crippen MR) is 87.5 cm³/mol. The molecule has 0 aliphatic carbocycles. The van der Waals surface area contributed by atoms with E-state index in [2.05, 4.69) is 4.98 Å². The quantitative estimate of drug-likeness (QED) is 0.793. The highest BCUT2D eigenvalue weighted by molar-refractivity contribution is 6.35. The standard InChI is InChI=1S/C17H17ClN2O3/c1-3-14(21)20-8-7-13-11(9-20)15(17(22)23-2)10-5-4-6-12(18)16(10)19-13/h4-6H,3,7-9H2,1-2H3. The van der Waals surface area contributed by atoms with E-state index in [9.17, 15) is 9.59 Å². The number of pyridine rings is 1. The molecule has 1 aliphatic rings. The van der Waals surface area contributed by atoms with Crippen LogP contribution in [0.5, 0.6) is 0 Å². The molecule has 0 spiro atoms.